The van der Waals surface area contributed by atoms with Gasteiger partial charge in [0, 0.05) is 39.0 Å². The van der Waals surface area contributed by atoms with E-state index in [4.69, 9.17) is 27.9 Å². The summed E-state index contributed by atoms with van der Waals surface area (Å²) in [5.74, 6) is 0. The lowest BCUT2D eigenvalue weighted by molar-refractivity contribution is 0.338. The number of methoxy groups -OCH3 is 1. The van der Waals surface area contributed by atoms with Gasteiger partial charge in [0.25, 0.3) is 0 Å². The number of hydrogen-bond acceptors (Lipinski definition) is 2. The summed E-state index contributed by atoms with van der Waals surface area (Å²) in [6.07, 6.45) is 7.61. The summed E-state index contributed by atoms with van der Waals surface area (Å²) in [6, 6.07) is 9.63. The smallest absolute Gasteiger partial charge is 0.0872 e. The van der Waals surface area contributed by atoms with Crippen LogP contribution in [0.1, 0.15) is 24.0 Å². The number of nitrogens with zero attached hydrogens (tertiary/aromatic N) is 1. The van der Waals surface area contributed by atoms with Gasteiger partial charge in [-0.25, -0.2) is 0 Å². The highest BCUT2D eigenvalue weighted by molar-refractivity contribution is 6.35. The zero-order valence-electron chi connectivity index (χ0n) is 11.6. The van der Waals surface area contributed by atoms with Gasteiger partial charge in [-0.05, 0) is 36.6 Å². The molecule has 0 spiro atoms. The molecule has 1 aromatic carbocycles. The van der Waals surface area contributed by atoms with Crippen molar-refractivity contribution in [3.63, 3.8) is 0 Å². The molecule has 21 heavy (non-hydrogen) atoms. The van der Waals surface area contributed by atoms with E-state index in [0.29, 0.717) is 10.0 Å². The van der Waals surface area contributed by atoms with E-state index >= 15 is 0 Å². The highest BCUT2D eigenvalue weighted by atomic mass is 35.5. The zero-order chi connectivity index (χ0) is 14.9. The number of pyridine rings is 1. The summed E-state index contributed by atoms with van der Waals surface area (Å²) in [5.41, 5.74) is 3.19. The molecule has 0 bridgehead atoms. The minimum Gasteiger partial charge on any atom is -0.504 e. The lowest BCUT2D eigenvalue weighted by atomic mass is 9.85. The maximum absolute atomic E-state index is 6.38. The average Bonchev–Trinajstić information content (AvgIpc) is 3.28. The van der Waals surface area contributed by atoms with E-state index < -0.39 is 0 Å². The highest BCUT2D eigenvalue weighted by Crippen LogP contribution is 2.57. The van der Waals surface area contributed by atoms with E-state index in [1.54, 1.807) is 25.6 Å². The molecule has 1 fully saturated rings. The van der Waals surface area contributed by atoms with E-state index in [9.17, 15) is 0 Å². The van der Waals surface area contributed by atoms with Gasteiger partial charge in [-0.3, -0.25) is 4.98 Å². The normalized spacial score (nSPS) is 16.6. The van der Waals surface area contributed by atoms with E-state index in [-0.39, 0.29) is 5.41 Å². The minimum absolute atomic E-state index is 0.0538. The number of hydrogen-bond donors (Lipinski definition) is 0. The molecule has 1 aliphatic carbocycles. The molecule has 1 aromatic heterocycles. The monoisotopic (exact) mass is 319 g/mol. The van der Waals surface area contributed by atoms with Gasteiger partial charge in [0.05, 0.1) is 13.4 Å². The minimum atomic E-state index is -0.0538. The predicted molar refractivity (Wildman–Crippen MR) is 86.6 cm³/mol. The molecule has 1 saturated carbocycles. The van der Waals surface area contributed by atoms with Gasteiger partial charge in [-0.2, -0.15) is 0 Å². The first-order chi connectivity index (χ1) is 10.2. The Balaban J connectivity index is 2.10. The Bertz CT molecular complexity index is 678. The van der Waals surface area contributed by atoms with Gasteiger partial charge in [0.15, 0.2) is 0 Å². The van der Waals surface area contributed by atoms with Crippen molar-refractivity contribution in [3.8, 4) is 0 Å². The van der Waals surface area contributed by atoms with Crippen LogP contribution in [0.15, 0.2) is 49.0 Å². The van der Waals surface area contributed by atoms with Crippen molar-refractivity contribution < 1.29 is 4.74 Å². The quantitative estimate of drug-likeness (QED) is 0.731. The largest absolute Gasteiger partial charge is 0.504 e. The maximum Gasteiger partial charge on any atom is 0.0872 e. The Labute approximate surface area is 134 Å². The van der Waals surface area contributed by atoms with Gasteiger partial charge < -0.3 is 4.74 Å². The molecule has 2 nitrogen and oxygen atoms in total. The predicted octanol–water partition coefficient (Wildman–Crippen LogP) is 5.11. The van der Waals surface area contributed by atoms with E-state index in [0.717, 1.165) is 24.0 Å². The summed E-state index contributed by atoms with van der Waals surface area (Å²) in [4.78, 5) is 4.24. The van der Waals surface area contributed by atoms with Crippen molar-refractivity contribution in [1.29, 1.82) is 0 Å². The third-order valence-corrected chi connectivity index (χ3v) is 4.48. The van der Waals surface area contributed by atoms with Crippen molar-refractivity contribution >= 4 is 28.8 Å². The number of rotatable bonds is 4. The average molecular weight is 320 g/mol. The van der Waals surface area contributed by atoms with Gasteiger partial charge in [0.2, 0.25) is 0 Å². The molecule has 0 radical (unpaired) electrons. The molecule has 1 heterocycles. The number of allylic oxidation sites excluding steroid dienone is 1. The third-order valence-electron chi connectivity index (χ3n) is 3.94. The fourth-order valence-corrected chi connectivity index (χ4v) is 3.25. The van der Waals surface area contributed by atoms with Crippen LogP contribution >= 0.6 is 23.2 Å². The maximum atomic E-state index is 6.38. The van der Waals surface area contributed by atoms with Crippen molar-refractivity contribution in [2.45, 2.75) is 18.3 Å². The molecule has 0 N–H and O–H groups in total. The van der Waals surface area contributed by atoms with Gasteiger partial charge in [-0.1, -0.05) is 35.3 Å². The van der Waals surface area contributed by atoms with E-state index in [2.05, 4.69) is 11.1 Å². The van der Waals surface area contributed by atoms with Gasteiger partial charge in [-0.15, -0.1) is 0 Å². The molecule has 108 valence electrons. The van der Waals surface area contributed by atoms with Crippen LogP contribution in [0.25, 0.3) is 5.57 Å². The van der Waals surface area contributed by atoms with Crippen LogP contribution in [0, 0.1) is 0 Å². The molecule has 0 atom stereocenters. The van der Waals surface area contributed by atoms with Crippen molar-refractivity contribution in [1.82, 2.24) is 4.98 Å². The Hall–Kier alpha value is -1.51. The highest BCUT2D eigenvalue weighted by Gasteiger charge is 2.48. The molecule has 1 aliphatic rings. The first-order valence-corrected chi connectivity index (χ1v) is 7.52. The first kappa shape index (κ1) is 14.4. The van der Waals surface area contributed by atoms with Crippen LogP contribution in [-0.2, 0) is 10.2 Å². The molecule has 0 saturated heterocycles. The number of halogens is 2. The number of benzene rings is 1. The van der Waals surface area contributed by atoms with Crippen LogP contribution in [0.2, 0.25) is 10.0 Å². The molecule has 3 rings (SSSR count). The number of aromatic nitrogens is 1. The Morgan fingerprint density at radius 1 is 1.29 bits per heavy atom. The summed E-state index contributed by atoms with van der Waals surface area (Å²) in [6.45, 7) is 0. The van der Waals surface area contributed by atoms with Crippen molar-refractivity contribution in [2.24, 2.45) is 0 Å². The molecule has 2 aromatic rings. The van der Waals surface area contributed by atoms with E-state index in [1.165, 1.54) is 5.56 Å². The molecule has 0 aliphatic heterocycles. The Morgan fingerprint density at radius 2 is 2.10 bits per heavy atom. The zero-order valence-corrected chi connectivity index (χ0v) is 13.2. The SMILES string of the molecule is CO/C=C(\c1ccc(Cl)cc1Cl)C1(c2cccnc2)CC1. The van der Waals surface area contributed by atoms with Crippen molar-refractivity contribution in [3.05, 3.63) is 70.2 Å². The van der Waals surface area contributed by atoms with Gasteiger partial charge >= 0.3 is 0 Å². The summed E-state index contributed by atoms with van der Waals surface area (Å²) < 4.78 is 5.32. The second-order valence-corrected chi connectivity index (χ2v) is 6.06. The van der Waals surface area contributed by atoms with Crippen LogP contribution in [-0.4, -0.2) is 12.1 Å². The first-order valence-electron chi connectivity index (χ1n) is 6.77. The Kier molecular flexibility index (Phi) is 3.92. The molecule has 0 amide bonds. The van der Waals surface area contributed by atoms with Crippen LogP contribution in [0.5, 0.6) is 0 Å². The second kappa shape index (κ2) is 5.70. The summed E-state index contributed by atoms with van der Waals surface area (Å²) >= 11 is 12.4. The summed E-state index contributed by atoms with van der Waals surface area (Å²) in [5, 5.41) is 1.27. The molecular weight excluding hydrogens is 305 g/mol. The molecular formula is C17H15Cl2NO. The fourth-order valence-electron chi connectivity index (χ4n) is 2.74. The van der Waals surface area contributed by atoms with Crippen molar-refractivity contribution in [2.75, 3.05) is 7.11 Å². The standard InChI is InChI=1S/C17H15Cl2NO/c1-21-11-15(14-5-4-13(18)9-16(14)19)17(6-7-17)12-3-2-8-20-10-12/h2-5,8-11H,6-7H2,1H3/b15-11+. The number of ether oxygens (including phenoxy) is 1. The summed E-state index contributed by atoms with van der Waals surface area (Å²) in [7, 11) is 1.66. The van der Waals surface area contributed by atoms with Crippen LogP contribution in [0.4, 0.5) is 0 Å². The van der Waals surface area contributed by atoms with E-state index in [1.807, 2.05) is 24.4 Å². The second-order valence-electron chi connectivity index (χ2n) is 5.22. The molecule has 4 heteroatoms. The fraction of sp³-hybridized carbons (Fsp3) is 0.235. The topological polar surface area (TPSA) is 22.1 Å². The van der Waals surface area contributed by atoms with Gasteiger partial charge in [0.1, 0.15) is 0 Å². The third kappa shape index (κ3) is 2.66. The Morgan fingerprint density at radius 3 is 2.67 bits per heavy atom. The lowest BCUT2D eigenvalue weighted by Crippen LogP contribution is -2.11. The lowest BCUT2D eigenvalue weighted by Gasteiger charge is -2.21. The van der Waals surface area contributed by atoms with Crippen LogP contribution < -0.4 is 0 Å². The van der Waals surface area contributed by atoms with Crippen LogP contribution in [0.3, 0.4) is 0 Å². The molecule has 0 unspecified atom stereocenters.